The molecule has 0 aliphatic heterocycles. The Labute approximate surface area is 216 Å². The predicted molar refractivity (Wildman–Crippen MR) is 145 cm³/mol. The van der Waals surface area contributed by atoms with Crippen molar-refractivity contribution in [3.8, 4) is 0 Å². The third kappa shape index (κ3) is 10.0. The molecule has 0 rings (SSSR count). The van der Waals surface area contributed by atoms with Gasteiger partial charge in [0.25, 0.3) is 0 Å². The summed E-state index contributed by atoms with van der Waals surface area (Å²) in [6.45, 7) is 20.2. The first-order valence-corrected chi connectivity index (χ1v) is 13.5. The molecule has 0 spiro atoms. The van der Waals surface area contributed by atoms with Crippen molar-refractivity contribution < 1.29 is 19.1 Å². The first kappa shape index (κ1) is 33.8. The van der Waals surface area contributed by atoms with Gasteiger partial charge in [0.1, 0.15) is 6.04 Å². The van der Waals surface area contributed by atoms with E-state index in [1.54, 1.807) is 14.2 Å². The van der Waals surface area contributed by atoms with Gasteiger partial charge in [0, 0.05) is 30.7 Å². The molecular weight excluding hydrogens is 442 g/mol. The monoisotopic (exact) mass is 499 g/mol. The van der Waals surface area contributed by atoms with Gasteiger partial charge in [0.05, 0.1) is 11.2 Å². The molecule has 208 valence electrons. The van der Waals surface area contributed by atoms with E-state index in [9.17, 15) is 9.59 Å². The zero-order chi connectivity index (χ0) is 27.7. The van der Waals surface area contributed by atoms with Gasteiger partial charge in [-0.1, -0.05) is 41.5 Å². The minimum absolute atomic E-state index is 0.141. The van der Waals surface area contributed by atoms with Crippen molar-refractivity contribution in [1.29, 1.82) is 0 Å². The lowest BCUT2D eigenvalue weighted by atomic mass is 9.75. The van der Waals surface area contributed by atoms with E-state index in [1.807, 2.05) is 41.5 Å². The normalized spacial score (nSPS) is 21.4. The molecule has 2 amide bonds. The number of amides is 2. The second kappa shape index (κ2) is 13.4. The lowest BCUT2D eigenvalue weighted by molar-refractivity contribution is -0.140. The van der Waals surface area contributed by atoms with Crippen LogP contribution in [0.4, 0.5) is 0 Å². The summed E-state index contributed by atoms with van der Waals surface area (Å²) in [7, 11) is 3.39. The number of nitrogens with two attached hydrogens (primary N) is 1. The zero-order valence-electron chi connectivity index (χ0n) is 24.9. The molecule has 0 heterocycles. The van der Waals surface area contributed by atoms with Crippen molar-refractivity contribution in [2.24, 2.45) is 11.1 Å². The molecule has 0 saturated heterocycles. The Morgan fingerprint density at radius 2 is 1.26 bits per heavy atom. The maximum absolute atomic E-state index is 13.7. The third-order valence-electron chi connectivity index (χ3n) is 8.64. The summed E-state index contributed by atoms with van der Waals surface area (Å²) in [5.41, 5.74) is 3.96. The van der Waals surface area contributed by atoms with E-state index >= 15 is 0 Å². The molecule has 0 aromatic carbocycles. The average Bonchev–Trinajstić information content (AvgIpc) is 2.82. The van der Waals surface area contributed by atoms with Crippen LogP contribution in [0.5, 0.6) is 0 Å². The lowest BCUT2D eigenvalue weighted by Gasteiger charge is -2.41. The molecule has 7 nitrogen and oxygen atoms in total. The number of rotatable bonds is 17. The van der Waals surface area contributed by atoms with Crippen LogP contribution >= 0.6 is 0 Å². The van der Waals surface area contributed by atoms with Crippen LogP contribution < -0.4 is 16.4 Å². The molecule has 0 saturated carbocycles. The minimum Gasteiger partial charge on any atom is -0.379 e. The van der Waals surface area contributed by atoms with Gasteiger partial charge in [-0.15, -0.1) is 0 Å². The smallest absolute Gasteiger partial charge is 0.243 e. The van der Waals surface area contributed by atoms with Crippen molar-refractivity contribution >= 4 is 11.8 Å². The number of hydrogen-bond acceptors (Lipinski definition) is 5. The zero-order valence-corrected chi connectivity index (χ0v) is 24.9. The summed E-state index contributed by atoms with van der Waals surface area (Å²) < 4.78 is 11.5. The van der Waals surface area contributed by atoms with E-state index in [-0.39, 0.29) is 17.4 Å². The van der Waals surface area contributed by atoms with Crippen LogP contribution in [0.2, 0.25) is 0 Å². The van der Waals surface area contributed by atoms with E-state index in [0.29, 0.717) is 32.1 Å². The molecule has 6 atom stereocenters. The van der Waals surface area contributed by atoms with Gasteiger partial charge in [-0.3, -0.25) is 9.59 Å². The summed E-state index contributed by atoms with van der Waals surface area (Å²) >= 11 is 0. The van der Waals surface area contributed by atoms with E-state index in [0.717, 1.165) is 19.3 Å². The average molecular weight is 500 g/mol. The standard InChI is InChI=1S/C28H57N3O4/c1-13-24(6,19-27(9,16-4)34-11)23(33)30-21(18-25(7,29)14-2)22(32)31-26(8,15-3)20-28(10,17-5)35-12/h21H,13-20,29H2,1-12H3,(H,30,33)(H,31,32)/t21?,24?,25-,26+,27?,28?/m1/s1. The molecule has 0 fully saturated rings. The Morgan fingerprint density at radius 3 is 1.63 bits per heavy atom. The molecule has 0 aromatic heterocycles. The summed E-state index contributed by atoms with van der Waals surface area (Å²) in [5, 5.41) is 6.33. The van der Waals surface area contributed by atoms with Crippen molar-refractivity contribution in [1.82, 2.24) is 10.6 Å². The van der Waals surface area contributed by atoms with Crippen LogP contribution in [-0.2, 0) is 19.1 Å². The lowest BCUT2D eigenvalue weighted by Crippen LogP contribution is -2.60. The van der Waals surface area contributed by atoms with Crippen LogP contribution in [0.25, 0.3) is 0 Å². The molecule has 0 aromatic rings. The van der Waals surface area contributed by atoms with Crippen LogP contribution in [-0.4, -0.2) is 54.4 Å². The van der Waals surface area contributed by atoms with Gasteiger partial charge in [0.2, 0.25) is 11.8 Å². The number of nitrogens with one attached hydrogen (secondary N) is 2. The quantitative estimate of drug-likeness (QED) is 0.258. The van der Waals surface area contributed by atoms with Crippen molar-refractivity contribution in [3.63, 3.8) is 0 Å². The third-order valence-corrected chi connectivity index (χ3v) is 8.64. The fourth-order valence-corrected chi connectivity index (χ4v) is 4.49. The number of hydrogen-bond donors (Lipinski definition) is 3. The van der Waals surface area contributed by atoms with Gasteiger partial charge in [-0.2, -0.15) is 0 Å². The number of carbonyl (C=O) groups excluding carboxylic acids is 2. The van der Waals surface area contributed by atoms with E-state index < -0.39 is 28.1 Å². The maximum atomic E-state index is 13.7. The fraction of sp³-hybridized carbons (Fsp3) is 0.929. The van der Waals surface area contributed by atoms with Crippen LogP contribution in [0, 0.1) is 5.41 Å². The molecule has 7 heteroatoms. The highest BCUT2D eigenvalue weighted by Crippen LogP contribution is 2.36. The van der Waals surface area contributed by atoms with Gasteiger partial charge in [-0.25, -0.2) is 0 Å². The molecule has 4 N–H and O–H groups in total. The van der Waals surface area contributed by atoms with E-state index in [2.05, 4.69) is 38.3 Å². The number of carbonyl (C=O) groups is 2. The number of methoxy groups -OCH3 is 2. The summed E-state index contributed by atoms with van der Waals surface area (Å²) in [6, 6.07) is -0.736. The molecular formula is C28H57N3O4. The van der Waals surface area contributed by atoms with Crippen molar-refractivity contribution in [2.75, 3.05) is 14.2 Å². The minimum atomic E-state index is -0.736. The highest BCUT2D eigenvalue weighted by molar-refractivity contribution is 5.90. The Hall–Kier alpha value is -1.18. The molecule has 0 aliphatic rings. The van der Waals surface area contributed by atoms with E-state index in [4.69, 9.17) is 15.2 Å². The van der Waals surface area contributed by atoms with Crippen LogP contribution in [0.3, 0.4) is 0 Å². The largest absolute Gasteiger partial charge is 0.379 e. The predicted octanol–water partition coefficient (Wildman–Crippen LogP) is 5.10. The Kier molecular flexibility index (Phi) is 12.9. The van der Waals surface area contributed by atoms with Gasteiger partial charge < -0.3 is 25.8 Å². The van der Waals surface area contributed by atoms with Crippen molar-refractivity contribution in [2.45, 2.75) is 149 Å². The molecule has 0 radical (unpaired) electrons. The topological polar surface area (TPSA) is 103 Å². The maximum Gasteiger partial charge on any atom is 0.243 e. The molecule has 4 unspecified atom stereocenters. The van der Waals surface area contributed by atoms with Gasteiger partial charge in [-0.05, 0) is 79.1 Å². The highest BCUT2D eigenvalue weighted by Gasteiger charge is 2.42. The fourth-order valence-electron chi connectivity index (χ4n) is 4.49. The van der Waals surface area contributed by atoms with Gasteiger partial charge in [0.15, 0.2) is 0 Å². The highest BCUT2D eigenvalue weighted by atomic mass is 16.5. The molecule has 0 bridgehead atoms. The Balaban J connectivity index is 6.00. The van der Waals surface area contributed by atoms with Crippen LogP contribution in [0.1, 0.15) is 121 Å². The first-order valence-electron chi connectivity index (χ1n) is 13.5. The first-order chi connectivity index (χ1) is 16.0. The van der Waals surface area contributed by atoms with Gasteiger partial charge >= 0.3 is 0 Å². The van der Waals surface area contributed by atoms with Crippen LogP contribution in [0.15, 0.2) is 0 Å². The van der Waals surface area contributed by atoms with Crippen molar-refractivity contribution in [3.05, 3.63) is 0 Å². The molecule has 0 aliphatic carbocycles. The number of ether oxygens (including phenoxy) is 2. The Bertz CT molecular complexity index is 673. The molecule has 35 heavy (non-hydrogen) atoms. The SMILES string of the molecule is CCC(C)(CC(C)(CC)C(=O)NC(C[C@](C)(N)CC)C(=O)N[C@@](C)(CC)CC(C)(CC)OC)OC. The Morgan fingerprint density at radius 1 is 0.771 bits per heavy atom. The summed E-state index contributed by atoms with van der Waals surface area (Å²) in [6.07, 6.45) is 5.26. The summed E-state index contributed by atoms with van der Waals surface area (Å²) in [5.74, 6) is -0.344. The second-order valence-electron chi connectivity index (χ2n) is 11.9. The van der Waals surface area contributed by atoms with E-state index in [1.165, 1.54) is 0 Å². The second-order valence-corrected chi connectivity index (χ2v) is 11.9. The summed E-state index contributed by atoms with van der Waals surface area (Å²) in [4.78, 5) is 27.3.